The lowest BCUT2D eigenvalue weighted by Gasteiger charge is -2.08. The van der Waals surface area contributed by atoms with Crippen molar-refractivity contribution in [2.24, 2.45) is 0 Å². The number of fused-ring (bicyclic) bond motifs is 1. The van der Waals surface area contributed by atoms with Crippen molar-refractivity contribution >= 4 is 32.9 Å². The van der Waals surface area contributed by atoms with Crippen molar-refractivity contribution in [1.29, 1.82) is 0 Å². The molecule has 2 heterocycles. The monoisotopic (exact) mass is 347 g/mol. The summed E-state index contributed by atoms with van der Waals surface area (Å²) < 4.78 is 6.85. The number of aromatic amines is 1. The van der Waals surface area contributed by atoms with Crippen LogP contribution >= 0.6 is 15.9 Å². The summed E-state index contributed by atoms with van der Waals surface area (Å²) in [6.07, 6.45) is 2.65. The zero-order chi connectivity index (χ0) is 14.7. The Labute approximate surface area is 130 Å². The van der Waals surface area contributed by atoms with Gasteiger partial charge >= 0.3 is 0 Å². The molecule has 0 saturated heterocycles. The maximum Gasteiger partial charge on any atom is 0.235 e. The number of ether oxygens (including phenoxy) is 1. The van der Waals surface area contributed by atoms with E-state index in [-0.39, 0.29) is 0 Å². The van der Waals surface area contributed by atoms with Crippen molar-refractivity contribution in [3.05, 3.63) is 34.9 Å². The van der Waals surface area contributed by atoms with Crippen LogP contribution in [0.25, 0.3) is 11.0 Å². The molecule has 0 aliphatic heterocycles. The average molecular weight is 348 g/mol. The fourth-order valence-electron chi connectivity index (χ4n) is 1.82. The Morgan fingerprint density at radius 2 is 2.05 bits per heavy atom. The molecule has 3 aromatic rings. The predicted octanol–water partition coefficient (Wildman–Crippen LogP) is 3.73. The highest BCUT2D eigenvalue weighted by Gasteiger charge is 2.11. The number of aromatic nitrogens is 4. The predicted molar refractivity (Wildman–Crippen MR) is 84.7 cm³/mol. The van der Waals surface area contributed by atoms with Crippen molar-refractivity contribution in [2.75, 3.05) is 11.9 Å². The molecule has 21 heavy (non-hydrogen) atoms. The van der Waals surface area contributed by atoms with E-state index in [2.05, 4.69) is 48.3 Å². The molecule has 0 spiro atoms. The van der Waals surface area contributed by atoms with E-state index >= 15 is 0 Å². The van der Waals surface area contributed by atoms with Crippen molar-refractivity contribution in [3.8, 4) is 11.6 Å². The highest BCUT2D eigenvalue weighted by molar-refractivity contribution is 9.10. The number of halogens is 1. The molecule has 2 aromatic heterocycles. The number of nitrogens with zero attached hydrogens (tertiary/aromatic N) is 3. The Balaban J connectivity index is 1.95. The molecule has 0 bridgehead atoms. The smallest absolute Gasteiger partial charge is 0.235 e. The minimum atomic E-state index is 0.481. The molecule has 0 unspecified atom stereocenters. The molecule has 2 N–H and O–H groups in total. The first-order chi connectivity index (χ1) is 10.3. The van der Waals surface area contributed by atoms with Crippen LogP contribution in [0.4, 0.5) is 5.95 Å². The van der Waals surface area contributed by atoms with Crippen molar-refractivity contribution in [3.63, 3.8) is 0 Å². The Morgan fingerprint density at radius 3 is 2.81 bits per heavy atom. The van der Waals surface area contributed by atoms with Crippen molar-refractivity contribution < 1.29 is 4.74 Å². The van der Waals surface area contributed by atoms with Gasteiger partial charge in [-0.25, -0.2) is 0 Å². The van der Waals surface area contributed by atoms with Gasteiger partial charge in [0.15, 0.2) is 5.65 Å². The van der Waals surface area contributed by atoms with Gasteiger partial charge in [0.05, 0.1) is 6.20 Å². The van der Waals surface area contributed by atoms with Crippen LogP contribution in [0.2, 0.25) is 0 Å². The van der Waals surface area contributed by atoms with Gasteiger partial charge in [0.25, 0.3) is 0 Å². The summed E-state index contributed by atoms with van der Waals surface area (Å²) in [5, 5.41) is 10.7. The maximum absolute atomic E-state index is 5.85. The lowest BCUT2D eigenvalue weighted by atomic mass is 10.3. The van der Waals surface area contributed by atoms with Crippen LogP contribution in [0.5, 0.6) is 11.6 Å². The van der Waals surface area contributed by atoms with Gasteiger partial charge in [-0.2, -0.15) is 15.1 Å². The number of rotatable bonds is 5. The molecule has 0 aliphatic carbocycles. The van der Waals surface area contributed by atoms with E-state index in [9.17, 15) is 0 Å². The second-order valence-electron chi connectivity index (χ2n) is 4.47. The first kappa shape index (κ1) is 13.8. The molecule has 3 rings (SSSR count). The van der Waals surface area contributed by atoms with Crippen molar-refractivity contribution in [2.45, 2.75) is 13.3 Å². The van der Waals surface area contributed by atoms with E-state index in [0.717, 1.165) is 22.8 Å². The van der Waals surface area contributed by atoms with E-state index in [1.807, 2.05) is 24.3 Å². The van der Waals surface area contributed by atoms with E-state index < -0.39 is 0 Å². The standard InChI is InChI=1S/C14H14BrN5O/c1-2-7-16-14-18-12-11(8-17-20-12)13(19-14)21-10-5-3-9(15)4-6-10/h3-6,8H,2,7H2,1H3,(H2,16,17,18,19,20). The minimum absolute atomic E-state index is 0.481. The third kappa shape index (κ3) is 3.13. The van der Waals surface area contributed by atoms with Gasteiger partial charge in [-0.1, -0.05) is 22.9 Å². The summed E-state index contributed by atoms with van der Waals surface area (Å²) in [6, 6.07) is 7.58. The van der Waals surface area contributed by atoms with Crippen LogP contribution in [-0.2, 0) is 0 Å². The zero-order valence-corrected chi connectivity index (χ0v) is 13.0. The van der Waals surface area contributed by atoms with Gasteiger partial charge in [0, 0.05) is 11.0 Å². The van der Waals surface area contributed by atoms with E-state index in [0.29, 0.717) is 23.2 Å². The van der Waals surface area contributed by atoms with Crippen LogP contribution in [0.1, 0.15) is 13.3 Å². The lowest BCUT2D eigenvalue weighted by molar-refractivity contribution is 0.469. The second-order valence-corrected chi connectivity index (χ2v) is 5.38. The third-order valence-corrected chi connectivity index (χ3v) is 3.36. The number of hydrogen-bond donors (Lipinski definition) is 2. The van der Waals surface area contributed by atoms with Gasteiger partial charge in [-0.15, -0.1) is 0 Å². The molecule has 0 saturated carbocycles. The normalized spacial score (nSPS) is 10.8. The molecule has 0 amide bonds. The Kier molecular flexibility index (Phi) is 4.01. The zero-order valence-electron chi connectivity index (χ0n) is 11.4. The fourth-order valence-corrected chi connectivity index (χ4v) is 2.08. The van der Waals surface area contributed by atoms with Crippen LogP contribution in [0.15, 0.2) is 34.9 Å². The molecular weight excluding hydrogens is 334 g/mol. The van der Waals surface area contributed by atoms with Gasteiger partial charge in [0.2, 0.25) is 11.8 Å². The topological polar surface area (TPSA) is 75.7 Å². The van der Waals surface area contributed by atoms with Gasteiger partial charge < -0.3 is 10.1 Å². The highest BCUT2D eigenvalue weighted by Crippen LogP contribution is 2.28. The summed E-state index contributed by atoms with van der Waals surface area (Å²) in [7, 11) is 0. The Hall–Kier alpha value is -2.15. The number of benzene rings is 1. The Morgan fingerprint density at radius 1 is 1.24 bits per heavy atom. The van der Waals surface area contributed by atoms with E-state index in [4.69, 9.17) is 4.74 Å². The van der Waals surface area contributed by atoms with Gasteiger partial charge in [0.1, 0.15) is 11.1 Å². The molecule has 6 nitrogen and oxygen atoms in total. The molecule has 0 radical (unpaired) electrons. The quantitative estimate of drug-likeness (QED) is 0.735. The van der Waals surface area contributed by atoms with E-state index in [1.165, 1.54) is 0 Å². The Bertz CT molecular complexity index is 741. The minimum Gasteiger partial charge on any atom is -0.438 e. The van der Waals surface area contributed by atoms with Crippen LogP contribution in [-0.4, -0.2) is 26.7 Å². The summed E-state index contributed by atoms with van der Waals surface area (Å²) in [6.45, 7) is 2.89. The maximum atomic E-state index is 5.85. The average Bonchev–Trinajstić information content (AvgIpc) is 2.96. The summed E-state index contributed by atoms with van der Waals surface area (Å²) in [5.41, 5.74) is 0.649. The van der Waals surface area contributed by atoms with Crippen LogP contribution in [0.3, 0.4) is 0 Å². The van der Waals surface area contributed by atoms with E-state index in [1.54, 1.807) is 6.20 Å². The number of anilines is 1. The molecular formula is C14H14BrN5O. The molecule has 0 fully saturated rings. The summed E-state index contributed by atoms with van der Waals surface area (Å²) >= 11 is 3.40. The first-order valence-corrected chi connectivity index (χ1v) is 7.44. The van der Waals surface area contributed by atoms with Crippen molar-refractivity contribution in [1.82, 2.24) is 20.2 Å². The molecule has 0 aliphatic rings. The summed E-state index contributed by atoms with van der Waals surface area (Å²) in [5.74, 6) is 1.72. The van der Waals surface area contributed by atoms with Gasteiger partial charge in [-0.3, -0.25) is 5.10 Å². The van der Waals surface area contributed by atoms with Gasteiger partial charge in [-0.05, 0) is 30.7 Å². The lowest BCUT2D eigenvalue weighted by Crippen LogP contribution is -2.05. The number of nitrogens with one attached hydrogen (secondary N) is 2. The first-order valence-electron chi connectivity index (χ1n) is 6.64. The third-order valence-electron chi connectivity index (χ3n) is 2.84. The van der Waals surface area contributed by atoms with Crippen LogP contribution < -0.4 is 10.1 Å². The number of H-pyrrole nitrogens is 1. The molecule has 108 valence electrons. The van der Waals surface area contributed by atoms with Crippen LogP contribution in [0, 0.1) is 0 Å². The SMILES string of the molecule is CCCNc1nc(Oc2ccc(Br)cc2)c2cn[nH]c2n1. The largest absolute Gasteiger partial charge is 0.438 e. The fraction of sp³-hybridized carbons (Fsp3) is 0.214. The number of hydrogen-bond acceptors (Lipinski definition) is 5. The second kappa shape index (κ2) is 6.09. The molecule has 7 heteroatoms. The highest BCUT2D eigenvalue weighted by atomic mass is 79.9. The molecule has 0 atom stereocenters. The molecule has 1 aromatic carbocycles. The summed E-state index contributed by atoms with van der Waals surface area (Å²) in [4.78, 5) is 8.77.